The molecule has 2 N–H and O–H groups in total. The van der Waals surface area contributed by atoms with E-state index in [0.29, 0.717) is 17.3 Å². The SMILES string of the molecule is CN(C)CCCNc1nc(NCc2ccccc2[N+](=O)[O-])cc(-c2ccncc2)n1. The van der Waals surface area contributed by atoms with Crippen molar-refractivity contribution in [2.45, 2.75) is 13.0 Å². The standard InChI is InChI=1S/C21H25N7O2/c1-27(2)13-5-10-23-21-25-18(16-8-11-22-12-9-16)14-20(26-21)24-15-17-6-3-4-7-19(17)28(29)30/h3-4,6-9,11-12,14H,5,10,13,15H2,1-2H3,(H2,23,24,25,26). The lowest BCUT2D eigenvalue weighted by Crippen LogP contribution is -2.17. The Labute approximate surface area is 175 Å². The predicted octanol–water partition coefficient (Wildman–Crippen LogP) is 3.42. The summed E-state index contributed by atoms with van der Waals surface area (Å²) in [5, 5.41) is 17.7. The molecule has 0 radical (unpaired) electrons. The maximum absolute atomic E-state index is 11.3. The molecule has 3 aromatic rings. The fourth-order valence-electron chi connectivity index (χ4n) is 2.91. The van der Waals surface area contributed by atoms with Crippen LogP contribution >= 0.6 is 0 Å². The average Bonchev–Trinajstić information content (AvgIpc) is 2.76. The lowest BCUT2D eigenvalue weighted by Gasteiger charge is -2.13. The molecule has 156 valence electrons. The van der Waals surface area contributed by atoms with Crippen LogP contribution in [0.5, 0.6) is 0 Å². The van der Waals surface area contributed by atoms with Crippen LogP contribution in [-0.4, -0.2) is 52.0 Å². The Morgan fingerprint density at radius 1 is 1.07 bits per heavy atom. The number of nitro groups is 1. The second-order valence-electron chi connectivity index (χ2n) is 7.02. The summed E-state index contributed by atoms with van der Waals surface area (Å²) in [6.07, 6.45) is 4.37. The second kappa shape index (κ2) is 10.3. The Balaban J connectivity index is 1.80. The summed E-state index contributed by atoms with van der Waals surface area (Å²) in [7, 11) is 4.07. The monoisotopic (exact) mass is 407 g/mol. The van der Waals surface area contributed by atoms with Gasteiger partial charge < -0.3 is 15.5 Å². The smallest absolute Gasteiger partial charge is 0.274 e. The highest BCUT2D eigenvalue weighted by atomic mass is 16.6. The molecule has 0 fully saturated rings. The highest BCUT2D eigenvalue weighted by molar-refractivity contribution is 5.64. The number of aromatic nitrogens is 3. The fraction of sp³-hybridized carbons (Fsp3) is 0.286. The molecule has 3 rings (SSSR count). The summed E-state index contributed by atoms with van der Waals surface area (Å²) in [6, 6.07) is 12.3. The topological polar surface area (TPSA) is 109 Å². The van der Waals surface area contributed by atoms with Gasteiger partial charge in [-0.05, 0) is 39.2 Å². The van der Waals surface area contributed by atoms with E-state index < -0.39 is 0 Å². The number of para-hydroxylation sites is 1. The largest absolute Gasteiger partial charge is 0.366 e. The van der Waals surface area contributed by atoms with Gasteiger partial charge in [-0.1, -0.05) is 18.2 Å². The molecule has 0 spiro atoms. The third kappa shape index (κ3) is 5.95. The third-order valence-electron chi connectivity index (χ3n) is 4.42. The molecule has 0 saturated heterocycles. The number of hydrogen-bond acceptors (Lipinski definition) is 8. The zero-order valence-corrected chi connectivity index (χ0v) is 17.1. The second-order valence-corrected chi connectivity index (χ2v) is 7.02. The average molecular weight is 407 g/mol. The molecular weight excluding hydrogens is 382 g/mol. The summed E-state index contributed by atoms with van der Waals surface area (Å²) in [4.78, 5) is 26.2. The fourth-order valence-corrected chi connectivity index (χ4v) is 2.91. The van der Waals surface area contributed by atoms with E-state index in [-0.39, 0.29) is 17.2 Å². The molecule has 0 bridgehead atoms. The minimum absolute atomic E-state index is 0.0791. The number of nitro benzene ring substituents is 1. The van der Waals surface area contributed by atoms with Crippen molar-refractivity contribution < 1.29 is 4.92 Å². The van der Waals surface area contributed by atoms with Crippen molar-refractivity contribution in [3.63, 3.8) is 0 Å². The summed E-state index contributed by atoms with van der Waals surface area (Å²) < 4.78 is 0. The van der Waals surface area contributed by atoms with Gasteiger partial charge >= 0.3 is 0 Å². The molecule has 2 aromatic heterocycles. The van der Waals surface area contributed by atoms with Gasteiger partial charge in [-0.15, -0.1) is 0 Å². The van der Waals surface area contributed by atoms with Crippen LogP contribution in [0.3, 0.4) is 0 Å². The first-order valence-electron chi connectivity index (χ1n) is 9.67. The Kier molecular flexibility index (Phi) is 7.23. The Hall–Kier alpha value is -3.59. The van der Waals surface area contributed by atoms with Crippen molar-refractivity contribution in [2.75, 3.05) is 37.8 Å². The zero-order chi connectivity index (χ0) is 21.3. The molecule has 1 aromatic carbocycles. The molecule has 2 heterocycles. The van der Waals surface area contributed by atoms with E-state index in [1.165, 1.54) is 6.07 Å². The van der Waals surface area contributed by atoms with E-state index in [1.54, 1.807) is 30.6 Å². The van der Waals surface area contributed by atoms with E-state index in [0.717, 1.165) is 30.8 Å². The van der Waals surface area contributed by atoms with Crippen molar-refractivity contribution >= 4 is 17.5 Å². The summed E-state index contributed by atoms with van der Waals surface area (Å²) in [5.41, 5.74) is 2.33. The van der Waals surface area contributed by atoms with Crippen molar-refractivity contribution in [1.82, 2.24) is 19.9 Å². The molecular formula is C21H25N7O2. The van der Waals surface area contributed by atoms with Crippen LogP contribution < -0.4 is 10.6 Å². The maximum atomic E-state index is 11.3. The first kappa shape index (κ1) is 21.1. The van der Waals surface area contributed by atoms with Gasteiger partial charge in [0.1, 0.15) is 5.82 Å². The van der Waals surface area contributed by atoms with Gasteiger partial charge in [0.15, 0.2) is 0 Å². The van der Waals surface area contributed by atoms with Gasteiger partial charge in [-0.2, -0.15) is 4.98 Å². The number of nitrogens with zero attached hydrogens (tertiary/aromatic N) is 5. The Morgan fingerprint density at radius 2 is 1.83 bits per heavy atom. The molecule has 30 heavy (non-hydrogen) atoms. The lowest BCUT2D eigenvalue weighted by atomic mass is 10.1. The molecule has 0 aliphatic rings. The minimum Gasteiger partial charge on any atom is -0.366 e. The third-order valence-corrected chi connectivity index (χ3v) is 4.42. The van der Waals surface area contributed by atoms with Gasteiger partial charge in [0.05, 0.1) is 10.6 Å². The quantitative estimate of drug-likeness (QED) is 0.299. The van der Waals surface area contributed by atoms with Gasteiger partial charge in [0, 0.05) is 48.7 Å². The van der Waals surface area contributed by atoms with Gasteiger partial charge in [-0.25, -0.2) is 4.98 Å². The molecule has 9 heteroatoms. The van der Waals surface area contributed by atoms with Crippen molar-refractivity contribution in [3.8, 4) is 11.3 Å². The number of benzene rings is 1. The molecule has 0 atom stereocenters. The van der Waals surface area contributed by atoms with Crippen LogP contribution in [0, 0.1) is 10.1 Å². The number of hydrogen-bond donors (Lipinski definition) is 2. The first-order valence-corrected chi connectivity index (χ1v) is 9.67. The highest BCUT2D eigenvalue weighted by Gasteiger charge is 2.13. The Morgan fingerprint density at radius 3 is 2.57 bits per heavy atom. The number of pyridine rings is 1. The molecule has 0 aliphatic carbocycles. The van der Waals surface area contributed by atoms with Gasteiger partial charge in [0.25, 0.3) is 5.69 Å². The normalized spacial score (nSPS) is 10.8. The molecule has 0 saturated carbocycles. The van der Waals surface area contributed by atoms with Crippen LogP contribution in [0.2, 0.25) is 0 Å². The van der Waals surface area contributed by atoms with E-state index >= 15 is 0 Å². The van der Waals surface area contributed by atoms with E-state index in [9.17, 15) is 10.1 Å². The summed E-state index contributed by atoms with van der Waals surface area (Å²) in [6.45, 7) is 1.98. The van der Waals surface area contributed by atoms with Gasteiger partial charge in [0.2, 0.25) is 5.95 Å². The van der Waals surface area contributed by atoms with Crippen molar-refractivity contribution in [3.05, 3.63) is 70.5 Å². The van der Waals surface area contributed by atoms with E-state index in [1.807, 2.05) is 32.3 Å². The van der Waals surface area contributed by atoms with Crippen molar-refractivity contribution in [1.29, 1.82) is 0 Å². The first-order chi connectivity index (χ1) is 14.5. The summed E-state index contributed by atoms with van der Waals surface area (Å²) in [5.74, 6) is 1.10. The Bertz CT molecular complexity index is 980. The van der Waals surface area contributed by atoms with Crippen LogP contribution in [0.15, 0.2) is 54.9 Å². The molecule has 0 unspecified atom stereocenters. The highest BCUT2D eigenvalue weighted by Crippen LogP contribution is 2.23. The summed E-state index contributed by atoms with van der Waals surface area (Å²) >= 11 is 0. The zero-order valence-electron chi connectivity index (χ0n) is 17.1. The van der Waals surface area contributed by atoms with E-state index in [2.05, 4.69) is 30.5 Å². The van der Waals surface area contributed by atoms with E-state index in [4.69, 9.17) is 0 Å². The predicted molar refractivity (Wildman–Crippen MR) is 117 cm³/mol. The van der Waals surface area contributed by atoms with Crippen LogP contribution in [0.1, 0.15) is 12.0 Å². The number of anilines is 2. The number of rotatable bonds is 10. The van der Waals surface area contributed by atoms with Gasteiger partial charge in [-0.3, -0.25) is 15.1 Å². The van der Waals surface area contributed by atoms with Crippen LogP contribution in [0.25, 0.3) is 11.3 Å². The molecule has 0 amide bonds. The number of nitrogens with one attached hydrogen (secondary N) is 2. The molecule has 0 aliphatic heterocycles. The minimum atomic E-state index is -0.378. The maximum Gasteiger partial charge on any atom is 0.274 e. The molecule has 9 nitrogen and oxygen atoms in total. The lowest BCUT2D eigenvalue weighted by molar-refractivity contribution is -0.385. The van der Waals surface area contributed by atoms with Crippen LogP contribution in [-0.2, 0) is 6.54 Å². The van der Waals surface area contributed by atoms with Crippen LogP contribution in [0.4, 0.5) is 17.5 Å². The van der Waals surface area contributed by atoms with Crippen molar-refractivity contribution in [2.24, 2.45) is 0 Å².